The predicted octanol–water partition coefficient (Wildman–Crippen LogP) is 3.82. The summed E-state index contributed by atoms with van der Waals surface area (Å²) in [7, 11) is 0. The first-order valence-corrected chi connectivity index (χ1v) is 11.1. The molecule has 202 valence electrons. The number of esters is 1. The van der Waals surface area contributed by atoms with Crippen molar-refractivity contribution < 1.29 is 45.4 Å². The number of benzene rings is 2. The van der Waals surface area contributed by atoms with Crippen molar-refractivity contribution in [2.75, 3.05) is 13.2 Å². The molecule has 1 amide bonds. The van der Waals surface area contributed by atoms with Crippen molar-refractivity contribution in [3.8, 4) is 5.75 Å². The smallest absolute Gasteiger partial charge is 0.340 e. The highest BCUT2D eigenvalue weighted by molar-refractivity contribution is 5.97. The molecule has 1 fully saturated rings. The Morgan fingerprint density at radius 1 is 1.21 bits per heavy atom. The summed E-state index contributed by atoms with van der Waals surface area (Å²) in [5, 5.41) is 3.97. The van der Waals surface area contributed by atoms with Crippen LogP contribution in [0, 0.1) is 11.6 Å². The van der Waals surface area contributed by atoms with Gasteiger partial charge in [0.05, 0.1) is 12.6 Å². The lowest BCUT2D eigenvalue weighted by Crippen LogP contribution is -2.61. The maximum Gasteiger partial charge on any atom is 0.340 e. The highest BCUT2D eigenvalue weighted by atomic mass is 19.3. The Morgan fingerprint density at radius 3 is 2.53 bits per heavy atom. The molecule has 0 N–H and O–H groups in total. The number of carbonyl (C=O) groups excluding carboxylic acids is 2. The van der Waals surface area contributed by atoms with Crippen LogP contribution in [-0.2, 0) is 21.7 Å². The van der Waals surface area contributed by atoms with Crippen LogP contribution in [0.1, 0.15) is 22.8 Å². The van der Waals surface area contributed by atoms with Gasteiger partial charge in [0.2, 0.25) is 0 Å². The van der Waals surface area contributed by atoms with Gasteiger partial charge in [-0.05, 0) is 43.3 Å². The molecule has 0 unspecified atom stereocenters. The number of ether oxygens (including phenoxy) is 2. The van der Waals surface area contributed by atoms with Crippen LogP contribution in [0.4, 0.5) is 26.3 Å². The molecule has 0 saturated carbocycles. The summed E-state index contributed by atoms with van der Waals surface area (Å²) in [6.07, 6.45) is -1.42. The van der Waals surface area contributed by atoms with Gasteiger partial charge in [0.25, 0.3) is 5.91 Å². The molecule has 0 spiro atoms. The Balaban J connectivity index is 1.64. The van der Waals surface area contributed by atoms with E-state index in [0.717, 1.165) is 29.2 Å². The Kier molecular flexibility index (Phi) is 7.33. The van der Waals surface area contributed by atoms with Crippen molar-refractivity contribution in [3.63, 3.8) is 0 Å². The summed E-state index contributed by atoms with van der Waals surface area (Å²) >= 11 is 0. The molecule has 3 aromatic rings. The standard InChI is InChI=1S/C24H20F6N4O4/c1-14-23(10-33-13-31-12-32-33,18-7-4-16(25)8-19(18)26)38-20(35)9-34(14)21(36)15-2-5-17(6-3-15)37-11-24(29,30)22(27)28/h2-8,12-14,22H,9-11H2,1H3/t14-,23-/m0/s1. The number of alkyl halides is 4. The molecule has 1 aromatic heterocycles. The summed E-state index contributed by atoms with van der Waals surface area (Å²) in [5.74, 6) is -8.01. The van der Waals surface area contributed by atoms with Crippen molar-refractivity contribution >= 4 is 11.9 Å². The zero-order chi connectivity index (χ0) is 27.7. The first-order chi connectivity index (χ1) is 17.9. The minimum absolute atomic E-state index is 0.00578. The number of hydrogen-bond donors (Lipinski definition) is 0. The van der Waals surface area contributed by atoms with Crippen LogP contribution in [0.5, 0.6) is 5.75 Å². The molecule has 4 rings (SSSR count). The Hall–Kier alpha value is -4.10. The van der Waals surface area contributed by atoms with Crippen molar-refractivity contribution in [3.05, 3.63) is 77.9 Å². The SMILES string of the molecule is C[C@@H]1N(C(=O)c2ccc(OCC(F)(F)C(F)F)cc2)CC(=O)O[C@]1(Cn1cncn1)c1ccc(F)cc1F. The van der Waals surface area contributed by atoms with E-state index in [9.17, 15) is 31.5 Å². The zero-order valence-corrected chi connectivity index (χ0v) is 19.7. The highest BCUT2D eigenvalue weighted by Crippen LogP contribution is 2.39. The quantitative estimate of drug-likeness (QED) is 0.318. The van der Waals surface area contributed by atoms with Crippen molar-refractivity contribution in [1.82, 2.24) is 19.7 Å². The maximum atomic E-state index is 15.0. The summed E-state index contributed by atoms with van der Waals surface area (Å²) in [6, 6.07) is 6.35. The number of hydrogen-bond acceptors (Lipinski definition) is 6. The van der Waals surface area contributed by atoms with Crippen molar-refractivity contribution in [2.24, 2.45) is 0 Å². The van der Waals surface area contributed by atoms with Gasteiger partial charge in [0.15, 0.2) is 12.2 Å². The van der Waals surface area contributed by atoms with E-state index in [4.69, 9.17) is 9.47 Å². The molecular formula is C24H20F6N4O4. The molecule has 0 bridgehead atoms. The van der Waals surface area contributed by atoms with E-state index in [1.54, 1.807) is 0 Å². The predicted molar refractivity (Wildman–Crippen MR) is 118 cm³/mol. The number of nitrogens with zero attached hydrogens (tertiary/aromatic N) is 4. The lowest BCUT2D eigenvalue weighted by atomic mass is 9.83. The minimum Gasteiger partial charge on any atom is -0.487 e. The molecule has 8 nitrogen and oxygen atoms in total. The number of carbonyl (C=O) groups is 2. The number of amides is 1. The second-order valence-electron chi connectivity index (χ2n) is 8.56. The number of morpholine rings is 1. The fourth-order valence-corrected chi connectivity index (χ4v) is 4.12. The first kappa shape index (κ1) is 26.9. The summed E-state index contributed by atoms with van der Waals surface area (Å²) in [6.45, 7) is -0.840. The van der Waals surface area contributed by atoms with Gasteiger partial charge >= 0.3 is 18.3 Å². The normalized spacial score (nSPS) is 19.9. The van der Waals surface area contributed by atoms with Gasteiger partial charge in [0, 0.05) is 17.2 Å². The number of halogens is 6. The molecule has 38 heavy (non-hydrogen) atoms. The molecule has 1 aliphatic rings. The van der Waals surface area contributed by atoms with E-state index in [1.807, 2.05) is 0 Å². The minimum atomic E-state index is -4.36. The maximum absolute atomic E-state index is 15.0. The van der Waals surface area contributed by atoms with E-state index < -0.39 is 60.7 Å². The van der Waals surface area contributed by atoms with Gasteiger partial charge < -0.3 is 14.4 Å². The average molecular weight is 542 g/mol. The van der Waals surface area contributed by atoms with Crippen LogP contribution >= 0.6 is 0 Å². The van der Waals surface area contributed by atoms with E-state index >= 15 is 4.39 Å². The van der Waals surface area contributed by atoms with Gasteiger partial charge in [-0.1, -0.05) is 0 Å². The Labute approximate surface area is 211 Å². The molecule has 1 saturated heterocycles. The lowest BCUT2D eigenvalue weighted by molar-refractivity contribution is -0.186. The van der Waals surface area contributed by atoms with Crippen LogP contribution in [0.25, 0.3) is 0 Å². The fraction of sp³-hybridized carbons (Fsp3) is 0.333. The third-order valence-electron chi connectivity index (χ3n) is 6.10. The van der Waals surface area contributed by atoms with Crippen molar-refractivity contribution in [2.45, 2.75) is 37.5 Å². The largest absolute Gasteiger partial charge is 0.487 e. The van der Waals surface area contributed by atoms with Crippen LogP contribution in [0.15, 0.2) is 55.1 Å². The van der Waals surface area contributed by atoms with Gasteiger partial charge in [-0.2, -0.15) is 13.9 Å². The summed E-state index contributed by atoms with van der Waals surface area (Å²) in [4.78, 5) is 31.1. The molecular weight excluding hydrogens is 522 g/mol. The molecule has 2 heterocycles. The summed E-state index contributed by atoms with van der Waals surface area (Å²) < 4.78 is 91.2. The molecule has 0 aliphatic carbocycles. The third kappa shape index (κ3) is 5.29. The van der Waals surface area contributed by atoms with Crippen LogP contribution in [0.2, 0.25) is 0 Å². The average Bonchev–Trinajstić information content (AvgIpc) is 3.37. The van der Waals surface area contributed by atoms with Crippen LogP contribution in [-0.4, -0.2) is 63.1 Å². The number of aromatic nitrogens is 3. The molecule has 2 aromatic carbocycles. The molecule has 1 aliphatic heterocycles. The number of cyclic esters (lactones) is 1. The van der Waals surface area contributed by atoms with Gasteiger partial charge in [-0.3, -0.25) is 9.59 Å². The van der Waals surface area contributed by atoms with Crippen LogP contribution < -0.4 is 4.74 Å². The first-order valence-electron chi connectivity index (χ1n) is 11.1. The number of rotatable bonds is 8. The Bertz CT molecular complexity index is 1310. The van der Waals surface area contributed by atoms with Gasteiger partial charge in [-0.25, -0.2) is 27.2 Å². The molecule has 14 heteroatoms. The monoisotopic (exact) mass is 542 g/mol. The van der Waals surface area contributed by atoms with Crippen molar-refractivity contribution in [1.29, 1.82) is 0 Å². The molecule has 2 atom stereocenters. The summed E-state index contributed by atoms with van der Waals surface area (Å²) in [5.41, 5.74) is -2.04. The van der Waals surface area contributed by atoms with E-state index in [0.29, 0.717) is 6.07 Å². The second-order valence-corrected chi connectivity index (χ2v) is 8.56. The topological polar surface area (TPSA) is 86.5 Å². The lowest BCUT2D eigenvalue weighted by Gasteiger charge is -2.47. The van der Waals surface area contributed by atoms with E-state index in [2.05, 4.69) is 10.1 Å². The van der Waals surface area contributed by atoms with Crippen LogP contribution in [0.3, 0.4) is 0 Å². The Morgan fingerprint density at radius 2 is 1.92 bits per heavy atom. The van der Waals surface area contributed by atoms with E-state index in [-0.39, 0.29) is 23.4 Å². The third-order valence-corrected chi connectivity index (χ3v) is 6.10. The fourth-order valence-electron chi connectivity index (χ4n) is 4.12. The van der Waals surface area contributed by atoms with Gasteiger partial charge in [0.1, 0.15) is 36.6 Å². The second kappa shape index (κ2) is 10.3. The zero-order valence-electron chi connectivity index (χ0n) is 19.7. The highest BCUT2D eigenvalue weighted by Gasteiger charge is 2.52. The van der Waals surface area contributed by atoms with E-state index in [1.165, 1.54) is 36.4 Å². The molecule has 0 radical (unpaired) electrons. The van der Waals surface area contributed by atoms with Gasteiger partial charge in [-0.15, -0.1) is 0 Å².